The van der Waals surface area contributed by atoms with E-state index < -0.39 is 10.0 Å². The molecule has 0 saturated heterocycles. The Morgan fingerprint density at radius 1 is 1.45 bits per heavy atom. The number of primary sulfonamides is 1. The van der Waals surface area contributed by atoms with Crippen molar-refractivity contribution in [2.75, 3.05) is 20.3 Å². The minimum Gasteiger partial charge on any atom is -0.383 e. The number of nitrogens with zero attached hydrogens (tertiary/aromatic N) is 1. The summed E-state index contributed by atoms with van der Waals surface area (Å²) in [5.41, 5.74) is 0.293. The van der Waals surface area contributed by atoms with Crippen molar-refractivity contribution in [1.29, 1.82) is 0 Å². The van der Waals surface area contributed by atoms with E-state index in [1.54, 1.807) is 18.1 Å². The Bertz CT molecular complexity index is 571. The van der Waals surface area contributed by atoms with Gasteiger partial charge in [0, 0.05) is 19.2 Å². The maximum atomic E-state index is 12.4. The van der Waals surface area contributed by atoms with Crippen molar-refractivity contribution in [2.24, 2.45) is 5.14 Å². The summed E-state index contributed by atoms with van der Waals surface area (Å²) < 4.78 is 27.7. The van der Waals surface area contributed by atoms with Crippen LogP contribution in [0.5, 0.6) is 0 Å². The van der Waals surface area contributed by atoms with Crippen LogP contribution in [0.15, 0.2) is 29.2 Å². The molecule has 0 aliphatic rings. The molecule has 0 aliphatic heterocycles. The topological polar surface area (TPSA) is 89.7 Å². The number of ether oxygens (including phenoxy) is 1. The van der Waals surface area contributed by atoms with Crippen molar-refractivity contribution >= 4 is 15.9 Å². The van der Waals surface area contributed by atoms with Crippen molar-refractivity contribution < 1.29 is 17.9 Å². The average molecular weight is 300 g/mol. The van der Waals surface area contributed by atoms with Gasteiger partial charge in [0.1, 0.15) is 0 Å². The van der Waals surface area contributed by atoms with Crippen molar-refractivity contribution in [2.45, 2.75) is 24.8 Å². The number of likely N-dealkylation sites (N-methyl/N-ethyl adjacent to an activating group) is 1. The predicted molar refractivity (Wildman–Crippen MR) is 75.9 cm³/mol. The van der Waals surface area contributed by atoms with E-state index in [-0.39, 0.29) is 16.8 Å². The zero-order valence-electron chi connectivity index (χ0n) is 11.9. The fourth-order valence-electron chi connectivity index (χ4n) is 1.96. The van der Waals surface area contributed by atoms with E-state index in [9.17, 15) is 13.2 Å². The van der Waals surface area contributed by atoms with Gasteiger partial charge in [-0.1, -0.05) is 6.07 Å². The van der Waals surface area contributed by atoms with Gasteiger partial charge in [-0.3, -0.25) is 4.79 Å². The number of nitrogens with two attached hydrogens (primary N) is 1. The van der Waals surface area contributed by atoms with Crippen LogP contribution in [0.25, 0.3) is 0 Å². The third-order valence-corrected chi connectivity index (χ3v) is 3.86. The minimum absolute atomic E-state index is 0.0706. The molecule has 1 rings (SSSR count). The van der Waals surface area contributed by atoms with Gasteiger partial charge in [0.25, 0.3) is 5.91 Å². The maximum absolute atomic E-state index is 12.4. The van der Waals surface area contributed by atoms with Gasteiger partial charge in [0.2, 0.25) is 10.0 Å². The number of sulfonamides is 1. The quantitative estimate of drug-likeness (QED) is 0.842. The van der Waals surface area contributed by atoms with E-state index in [2.05, 4.69) is 0 Å². The van der Waals surface area contributed by atoms with Gasteiger partial charge in [-0.2, -0.15) is 0 Å². The lowest BCUT2D eigenvalue weighted by Gasteiger charge is -2.27. The molecule has 2 N–H and O–H groups in total. The van der Waals surface area contributed by atoms with E-state index in [0.717, 1.165) is 0 Å². The highest BCUT2D eigenvalue weighted by atomic mass is 32.2. The van der Waals surface area contributed by atoms with Crippen molar-refractivity contribution in [3.63, 3.8) is 0 Å². The molecule has 112 valence electrons. The van der Waals surface area contributed by atoms with Gasteiger partial charge in [0.05, 0.1) is 17.5 Å². The molecule has 0 fully saturated rings. The summed E-state index contributed by atoms with van der Waals surface area (Å²) in [4.78, 5) is 14.0. The lowest BCUT2D eigenvalue weighted by molar-refractivity contribution is 0.0579. The fraction of sp³-hybridized carbons (Fsp3) is 0.462. The SMILES string of the molecule is CCN(C(=O)c1cccc(S(N)(=O)=O)c1)C(C)COC. The Hall–Kier alpha value is -1.44. The number of carbonyl (C=O) groups is 1. The van der Waals surface area contributed by atoms with Crippen LogP contribution in [-0.2, 0) is 14.8 Å². The molecule has 0 bridgehead atoms. The Morgan fingerprint density at radius 2 is 2.10 bits per heavy atom. The highest BCUT2D eigenvalue weighted by molar-refractivity contribution is 7.89. The summed E-state index contributed by atoms with van der Waals surface area (Å²) in [7, 11) is -2.25. The third-order valence-electron chi connectivity index (χ3n) is 2.95. The highest BCUT2D eigenvalue weighted by Crippen LogP contribution is 2.13. The smallest absolute Gasteiger partial charge is 0.254 e. The van der Waals surface area contributed by atoms with E-state index in [1.807, 2.05) is 13.8 Å². The second-order valence-corrected chi connectivity index (χ2v) is 6.03. The second-order valence-electron chi connectivity index (χ2n) is 4.47. The molecular weight excluding hydrogens is 280 g/mol. The molecule has 1 aromatic rings. The third kappa shape index (κ3) is 4.03. The molecule has 0 aromatic heterocycles. The zero-order valence-corrected chi connectivity index (χ0v) is 12.7. The average Bonchev–Trinajstić information content (AvgIpc) is 2.39. The highest BCUT2D eigenvalue weighted by Gasteiger charge is 2.21. The first-order valence-corrected chi connectivity index (χ1v) is 7.78. The van der Waals surface area contributed by atoms with Gasteiger partial charge in [-0.15, -0.1) is 0 Å². The fourth-order valence-corrected chi connectivity index (χ4v) is 2.52. The van der Waals surface area contributed by atoms with Crippen molar-refractivity contribution in [3.05, 3.63) is 29.8 Å². The molecule has 7 heteroatoms. The van der Waals surface area contributed by atoms with Crippen LogP contribution in [-0.4, -0.2) is 45.5 Å². The molecule has 6 nitrogen and oxygen atoms in total. The lowest BCUT2D eigenvalue weighted by atomic mass is 10.1. The van der Waals surface area contributed by atoms with Gasteiger partial charge < -0.3 is 9.64 Å². The Labute approximate surface area is 119 Å². The number of benzene rings is 1. The molecule has 1 atom stereocenters. The van der Waals surface area contributed by atoms with E-state index in [0.29, 0.717) is 18.7 Å². The number of rotatable bonds is 6. The van der Waals surface area contributed by atoms with Crippen molar-refractivity contribution in [3.8, 4) is 0 Å². The first-order chi connectivity index (χ1) is 9.31. The number of hydrogen-bond acceptors (Lipinski definition) is 4. The number of methoxy groups -OCH3 is 1. The molecule has 0 radical (unpaired) electrons. The molecular formula is C13H20N2O4S. The Morgan fingerprint density at radius 3 is 2.60 bits per heavy atom. The van der Waals surface area contributed by atoms with Gasteiger partial charge in [-0.25, -0.2) is 13.6 Å². The predicted octanol–water partition coefficient (Wildman–Crippen LogP) is 0.831. The first-order valence-electron chi connectivity index (χ1n) is 6.24. The molecule has 0 saturated carbocycles. The van der Waals surface area contributed by atoms with Crippen LogP contribution in [0, 0.1) is 0 Å². The van der Waals surface area contributed by atoms with E-state index in [1.165, 1.54) is 18.2 Å². The zero-order chi connectivity index (χ0) is 15.3. The second kappa shape index (κ2) is 6.83. The number of amides is 1. The van der Waals surface area contributed by atoms with Crippen LogP contribution in [0.4, 0.5) is 0 Å². The van der Waals surface area contributed by atoms with E-state index >= 15 is 0 Å². The summed E-state index contributed by atoms with van der Waals surface area (Å²) in [6.07, 6.45) is 0. The molecule has 1 aromatic carbocycles. The summed E-state index contributed by atoms with van der Waals surface area (Å²) in [6, 6.07) is 5.62. The van der Waals surface area contributed by atoms with Crippen molar-refractivity contribution in [1.82, 2.24) is 4.90 Å². The molecule has 1 amide bonds. The van der Waals surface area contributed by atoms with E-state index in [4.69, 9.17) is 9.88 Å². The van der Waals surface area contributed by atoms with Crippen LogP contribution < -0.4 is 5.14 Å². The standard InChI is InChI=1S/C13H20N2O4S/c1-4-15(10(2)9-19-3)13(16)11-6-5-7-12(8-11)20(14,17)18/h5-8,10H,4,9H2,1-3H3,(H2,14,17,18). The summed E-state index contributed by atoms with van der Waals surface area (Å²) in [5, 5.41) is 5.07. The van der Waals surface area contributed by atoms with Crippen LogP contribution in [0.2, 0.25) is 0 Å². The summed E-state index contributed by atoms with van der Waals surface area (Å²) in [5.74, 6) is -0.248. The Kier molecular flexibility index (Phi) is 5.67. The first kappa shape index (κ1) is 16.6. The van der Waals surface area contributed by atoms with Gasteiger partial charge >= 0.3 is 0 Å². The largest absolute Gasteiger partial charge is 0.383 e. The summed E-state index contributed by atoms with van der Waals surface area (Å²) in [6.45, 7) is 4.64. The van der Waals surface area contributed by atoms with Crippen LogP contribution in [0.1, 0.15) is 24.2 Å². The van der Waals surface area contributed by atoms with Crippen LogP contribution in [0.3, 0.4) is 0 Å². The van der Waals surface area contributed by atoms with Gasteiger partial charge in [-0.05, 0) is 32.0 Å². The molecule has 1 unspecified atom stereocenters. The normalized spacial score (nSPS) is 13.0. The minimum atomic E-state index is -3.82. The Balaban J connectivity index is 3.07. The lowest BCUT2D eigenvalue weighted by Crippen LogP contribution is -2.41. The molecule has 20 heavy (non-hydrogen) atoms. The number of carbonyl (C=O) groups excluding carboxylic acids is 1. The molecule has 0 heterocycles. The van der Waals surface area contributed by atoms with Crippen LogP contribution >= 0.6 is 0 Å². The number of hydrogen-bond donors (Lipinski definition) is 1. The maximum Gasteiger partial charge on any atom is 0.254 e. The monoisotopic (exact) mass is 300 g/mol. The molecule has 0 spiro atoms. The molecule has 0 aliphatic carbocycles. The van der Waals surface area contributed by atoms with Gasteiger partial charge in [0.15, 0.2) is 0 Å². The summed E-state index contributed by atoms with van der Waals surface area (Å²) >= 11 is 0.